The molecule has 0 spiro atoms. The van der Waals surface area contributed by atoms with Crippen molar-refractivity contribution < 1.29 is 14.3 Å². The summed E-state index contributed by atoms with van der Waals surface area (Å²) in [7, 11) is 0. The van der Waals surface area contributed by atoms with Crippen LogP contribution in [0.3, 0.4) is 0 Å². The third-order valence-corrected chi connectivity index (χ3v) is 4.43. The molecule has 1 aliphatic rings. The van der Waals surface area contributed by atoms with Crippen molar-refractivity contribution in [1.82, 2.24) is 5.32 Å². The first-order valence-electron chi connectivity index (χ1n) is 9.85. The van der Waals surface area contributed by atoms with Gasteiger partial charge in [0.05, 0.1) is 6.61 Å². The number of nitrogens with one attached hydrogen (secondary N) is 1. The van der Waals surface area contributed by atoms with E-state index in [2.05, 4.69) is 24.4 Å². The molecule has 1 rings (SSSR count). The van der Waals surface area contributed by atoms with E-state index in [9.17, 15) is 9.59 Å². The zero-order chi connectivity index (χ0) is 17.5. The molecule has 0 aromatic rings. The summed E-state index contributed by atoms with van der Waals surface area (Å²) in [6.45, 7) is 2.72. The molecule has 138 valence electrons. The molecular formula is C20H35NO3. The third-order valence-electron chi connectivity index (χ3n) is 4.43. The second-order valence-electron chi connectivity index (χ2n) is 6.70. The van der Waals surface area contributed by atoms with Crippen molar-refractivity contribution in [3.8, 4) is 0 Å². The van der Waals surface area contributed by atoms with Crippen LogP contribution >= 0.6 is 0 Å². The van der Waals surface area contributed by atoms with E-state index in [1.807, 2.05) is 0 Å². The predicted molar refractivity (Wildman–Crippen MR) is 97.7 cm³/mol. The number of hydrogen-bond donors (Lipinski definition) is 1. The minimum atomic E-state index is -0.414. The fraction of sp³-hybridized carbons (Fsp3) is 0.800. The van der Waals surface area contributed by atoms with E-state index in [0.29, 0.717) is 19.4 Å². The smallest absolute Gasteiger partial charge is 0.328 e. The molecule has 0 aromatic heterocycles. The van der Waals surface area contributed by atoms with E-state index >= 15 is 0 Å². The van der Waals surface area contributed by atoms with Crippen molar-refractivity contribution in [1.29, 1.82) is 0 Å². The molecule has 0 bridgehead atoms. The average Bonchev–Trinajstić information content (AvgIpc) is 3.01. The Kier molecular flexibility index (Phi) is 12.1. The highest BCUT2D eigenvalue weighted by Crippen LogP contribution is 2.10. The Labute approximate surface area is 147 Å². The summed E-state index contributed by atoms with van der Waals surface area (Å²) in [5.41, 5.74) is 0. The number of ether oxygens (including phenoxy) is 1. The van der Waals surface area contributed by atoms with Gasteiger partial charge in [0, 0.05) is 6.42 Å². The van der Waals surface area contributed by atoms with Crippen LogP contribution in [0.1, 0.15) is 90.4 Å². The van der Waals surface area contributed by atoms with Gasteiger partial charge in [-0.2, -0.15) is 0 Å². The summed E-state index contributed by atoms with van der Waals surface area (Å²) in [4.78, 5) is 22.7. The fourth-order valence-corrected chi connectivity index (χ4v) is 2.88. The molecule has 1 aliphatic heterocycles. The van der Waals surface area contributed by atoms with Crippen molar-refractivity contribution in [2.75, 3.05) is 6.61 Å². The Hall–Kier alpha value is -1.32. The standard InChI is InChI=1S/C20H35NO3/c1-2-3-4-5-6-7-8-9-10-11-12-13-14-17-24-20(23)18-15-16-19(22)21-18/h9-10,18H,2-8,11-17H2,1H3,(H,21,22)/b10-9+/t18-/m0/s1. The van der Waals surface area contributed by atoms with E-state index in [1.54, 1.807) is 0 Å². The van der Waals surface area contributed by atoms with Gasteiger partial charge < -0.3 is 10.1 Å². The first kappa shape index (κ1) is 20.7. The highest BCUT2D eigenvalue weighted by Gasteiger charge is 2.28. The zero-order valence-corrected chi connectivity index (χ0v) is 15.4. The molecule has 1 amide bonds. The summed E-state index contributed by atoms with van der Waals surface area (Å²) in [6.07, 6.45) is 19.2. The molecule has 0 radical (unpaired) electrons. The topological polar surface area (TPSA) is 55.4 Å². The van der Waals surface area contributed by atoms with E-state index < -0.39 is 6.04 Å². The van der Waals surface area contributed by atoms with E-state index in [1.165, 1.54) is 44.9 Å². The quantitative estimate of drug-likeness (QED) is 0.284. The highest BCUT2D eigenvalue weighted by molar-refractivity contribution is 5.87. The Morgan fingerprint density at radius 2 is 1.67 bits per heavy atom. The molecule has 0 unspecified atom stereocenters. The predicted octanol–water partition coefficient (Wildman–Crippen LogP) is 4.68. The van der Waals surface area contributed by atoms with Gasteiger partial charge >= 0.3 is 5.97 Å². The minimum absolute atomic E-state index is 0.0512. The van der Waals surface area contributed by atoms with Gasteiger partial charge in [0.1, 0.15) is 6.04 Å². The normalized spacial score (nSPS) is 17.4. The summed E-state index contributed by atoms with van der Waals surface area (Å²) >= 11 is 0. The van der Waals surface area contributed by atoms with E-state index in [4.69, 9.17) is 4.74 Å². The van der Waals surface area contributed by atoms with Crippen LogP contribution in [0.2, 0.25) is 0 Å². The van der Waals surface area contributed by atoms with Gasteiger partial charge in [-0.15, -0.1) is 0 Å². The molecule has 24 heavy (non-hydrogen) atoms. The third kappa shape index (κ3) is 10.5. The summed E-state index contributed by atoms with van der Waals surface area (Å²) in [6, 6.07) is -0.414. The molecule has 1 N–H and O–H groups in total. The number of carbonyl (C=O) groups excluding carboxylic acids is 2. The average molecular weight is 338 g/mol. The van der Waals surface area contributed by atoms with Crippen molar-refractivity contribution in [2.45, 2.75) is 96.4 Å². The number of unbranched alkanes of at least 4 members (excludes halogenated alkanes) is 9. The molecular weight excluding hydrogens is 302 g/mol. The summed E-state index contributed by atoms with van der Waals surface area (Å²) < 4.78 is 5.20. The maximum Gasteiger partial charge on any atom is 0.328 e. The van der Waals surface area contributed by atoms with Gasteiger partial charge in [-0.3, -0.25) is 4.79 Å². The van der Waals surface area contributed by atoms with Crippen LogP contribution in [0, 0.1) is 0 Å². The number of esters is 1. The minimum Gasteiger partial charge on any atom is -0.464 e. The first-order chi connectivity index (χ1) is 11.7. The van der Waals surface area contributed by atoms with Crippen LogP contribution in [0.15, 0.2) is 12.2 Å². The second-order valence-corrected chi connectivity index (χ2v) is 6.70. The first-order valence-corrected chi connectivity index (χ1v) is 9.85. The molecule has 1 heterocycles. The lowest BCUT2D eigenvalue weighted by Crippen LogP contribution is -2.34. The SMILES string of the molecule is CCCCCCCC/C=C/CCCCCOC(=O)[C@@H]1CCC(=O)N1. The van der Waals surface area contributed by atoms with Gasteiger partial charge in [-0.1, -0.05) is 51.2 Å². The Morgan fingerprint density at radius 1 is 1.04 bits per heavy atom. The molecule has 4 heteroatoms. The van der Waals surface area contributed by atoms with Crippen molar-refractivity contribution >= 4 is 11.9 Å². The molecule has 0 saturated carbocycles. The highest BCUT2D eigenvalue weighted by atomic mass is 16.5. The number of allylic oxidation sites excluding steroid dienone is 2. The largest absolute Gasteiger partial charge is 0.464 e. The van der Waals surface area contributed by atoms with Gasteiger partial charge in [0.25, 0.3) is 0 Å². The number of rotatable bonds is 14. The molecule has 1 atom stereocenters. The number of hydrogen-bond acceptors (Lipinski definition) is 3. The van der Waals surface area contributed by atoms with E-state index in [0.717, 1.165) is 25.7 Å². The maximum absolute atomic E-state index is 11.7. The van der Waals surface area contributed by atoms with Crippen LogP contribution in [0.5, 0.6) is 0 Å². The number of carbonyl (C=O) groups is 2. The summed E-state index contributed by atoms with van der Waals surface area (Å²) in [5, 5.41) is 2.63. The van der Waals surface area contributed by atoms with E-state index in [-0.39, 0.29) is 11.9 Å². The van der Waals surface area contributed by atoms with Crippen molar-refractivity contribution in [3.05, 3.63) is 12.2 Å². The Bertz CT molecular complexity index is 379. The molecule has 0 aromatic carbocycles. The maximum atomic E-state index is 11.7. The van der Waals surface area contributed by atoms with Crippen LogP contribution in [-0.4, -0.2) is 24.5 Å². The fourth-order valence-electron chi connectivity index (χ4n) is 2.88. The van der Waals surface area contributed by atoms with Gasteiger partial charge in [-0.05, 0) is 44.9 Å². The van der Waals surface area contributed by atoms with Gasteiger partial charge in [0.2, 0.25) is 5.91 Å². The second kappa shape index (κ2) is 14.1. The van der Waals surface area contributed by atoms with Crippen LogP contribution in [-0.2, 0) is 14.3 Å². The molecule has 0 aliphatic carbocycles. The van der Waals surface area contributed by atoms with Crippen molar-refractivity contribution in [2.24, 2.45) is 0 Å². The monoisotopic (exact) mass is 337 g/mol. The van der Waals surface area contributed by atoms with Crippen LogP contribution < -0.4 is 5.32 Å². The van der Waals surface area contributed by atoms with Crippen LogP contribution in [0.25, 0.3) is 0 Å². The Balaban J connectivity index is 1.82. The lowest BCUT2D eigenvalue weighted by atomic mass is 10.1. The number of amides is 1. The summed E-state index contributed by atoms with van der Waals surface area (Å²) in [5.74, 6) is -0.329. The lowest BCUT2D eigenvalue weighted by molar-refractivity contribution is -0.146. The van der Waals surface area contributed by atoms with Crippen LogP contribution in [0.4, 0.5) is 0 Å². The Morgan fingerprint density at radius 3 is 2.29 bits per heavy atom. The van der Waals surface area contributed by atoms with Crippen molar-refractivity contribution in [3.63, 3.8) is 0 Å². The molecule has 4 nitrogen and oxygen atoms in total. The lowest BCUT2D eigenvalue weighted by Gasteiger charge is -2.09. The van der Waals surface area contributed by atoms with Gasteiger partial charge in [0.15, 0.2) is 0 Å². The molecule has 1 saturated heterocycles. The van der Waals surface area contributed by atoms with Gasteiger partial charge in [-0.25, -0.2) is 4.79 Å². The zero-order valence-electron chi connectivity index (χ0n) is 15.4. The molecule has 1 fully saturated rings.